The van der Waals surface area contributed by atoms with E-state index in [1.165, 1.54) is 5.56 Å². The summed E-state index contributed by atoms with van der Waals surface area (Å²) in [5.74, 6) is -0.222. The number of carbonyl (C=O) groups excluding carboxylic acids is 1. The van der Waals surface area contributed by atoms with E-state index in [-0.39, 0.29) is 11.9 Å². The monoisotopic (exact) mass is 354 g/mol. The third-order valence-electron chi connectivity index (χ3n) is 3.90. The lowest BCUT2D eigenvalue weighted by Crippen LogP contribution is -2.33. The second-order valence-corrected chi connectivity index (χ2v) is 6.36. The van der Waals surface area contributed by atoms with Crippen molar-refractivity contribution in [3.05, 3.63) is 77.1 Å². The molecular formula is C19H19ClN4O. The summed E-state index contributed by atoms with van der Waals surface area (Å²) >= 11 is 5.88. The van der Waals surface area contributed by atoms with Gasteiger partial charge in [0.1, 0.15) is 0 Å². The molecule has 25 heavy (non-hydrogen) atoms. The van der Waals surface area contributed by atoms with Crippen molar-refractivity contribution < 1.29 is 4.79 Å². The standard InChI is InChI=1S/C19H19ClN4O/c1-14(7-8-15-5-3-2-4-6-15)21-19(25)18-13-24(23-22-18)17-11-9-16(20)10-12-17/h2-6,9-14H,7-8H2,1H3,(H,21,25). The second-order valence-electron chi connectivity index (χ2n) is 5.92. The van der Waals surface area contributed by atoms with Crippen molar-refractivity contribution >= 4 is 17.5 Å². The summed E-state index contributed by atoms with van der Waals surface area (Å²) in [7, 11) is 0. The minimum atomic E-state index is -0.222. The smallest absolute Gasteiger partial charge is 0.273 e. The van der Waals surface area contributed by atoms with E-state index in [9.17, 15) is 4.79 Å². The first-order chi connectivity index (χ1) is 12.1. The number of amides is 1. The molecule has 128 valence electrons. The lowest BCUT2D eigenvalue weighted by atomic mass is 10.1. The predicted octanol–water partition coefficient (Wildman–Crippen LogP) is 3.67. The number of aryl methyl sites for hydroxylation is 1. The largest absolute Gasteiger partial charge is 0.348 e. The van der Waals surface area contributed by atoms with Gasteiger partial charge in [0.2, 0.25) is 0 Å². The van der Waals surface area contributed by atoms with Gasteiger partial charge < -0.3 is 5.32 Å². The van der Waals surface area contributed by atoms with Crippen LogP contribution >= 0.6 is 11.6 Å². The molecule has 1 N–H and O–H groups in total. The molecular weight excluding hydrogens is 336 g/mol. The molecule has 3 rings (SSSR count). The van der Waals surface area contributed by atoms with Crippen LogP contribution in [0.15, 0.2) is 60.8 Å². The SMILES string of the molecule is CC(CCc1ccccc1)NC(=O)c1cn(-c2ccc(Cl)cc2)nn1. The molecule has 1 unspecified atom stereocenters. The van der Waals surface area contributed by atoms with E-state index in [0.29, 0.717) is 10.7 Å². The minimum absolute atomic E-state index is 0.0494. The lowest BCUT2D eigenvalue weighted by Gasteiger charge is -2.12. The van der Waals surface area contributed by atoms with Crippen LogP contribution in [0.3, 0.4) is 0 Å². The average Bonchev–Trinajstić information content (AvgIpc) is 3.12. The van der Waals surface area contributed by atoms with Gasteiger partial charge in [0, 0.05) is 11.1 Å². The number of halogens is 1. The highest BCUT2D eigenvalue weighted by molar-refractivity contribution is 6.30. The van der Waals surface area contributed by atoms with Crippen LogP contribution in [0.2, 0.25) is 5.02 Å². The Kier molecular flexibility index (Phi) is 5.46. The summed E-state index contributed by atoms with van der Waals surface area (Å²) < 4.78 is 1.56. The van der Waals surface area contributed by atoms with E-state index in [1.54, 1.807) is 23.0 Å². The van der Waals surface area contributed by atoms with Crippen LogP contribution < -0.4 is 5.32 Å². The van der Waals surface area contributed by atoms with Gasteiger partial charge in [-0.1, -0.05) is 47.1 Å². The zero-order valence-electron chi connectivity index (χ0n) is 13.9. The molecule has 0 aliphatic heterocycles. The molecule has 5 nitrogen and oxygen atoms in total. The molecule has 0 radical (unpaired) electrons. The van der Waals surface area contributed by atoms with Crippen LogP contribution in [0, 0.1) is 0 Å². The molecule has 0 fully saturated rings. The molecule has 0 bridgehead atoms. The number of hydrogen-bond acceptors (Lipinski definition) is 3. The van der Waals surface area contributed by atoms with Crippen LogP contribution in [-0.2, 0) is 6.42 Å². The highest BCUT2D eigenvalue weighted by Gasteiger charge is 2.14. The van der Waals surface area contributed by atoms with Gasteiger partial charge in [-0.3, -0.25) is 4.79 Å². The zero-order valence-corrected chi connectivity index (χ0v) is 14.6. The number of rotatable bonds is 6. The molecule has 0 saturated carbocycles. The molecule has 6 heteroatoms. The first-order valence-corrected chi connectivity index (χ1v) is 8.53. The molecule has 0 aliphatic rings. The van der Waals surface area contributed by atoms with Gasteiger partial charge in [-0.25, -0.2) is 4.68 Å². The molecule has 1 atom stereocenters. The van der Waals surface area contributed by atoms with Gasteiger partial charge in [-0.2, -0.15) is 0 Å². The van der Waals surface area contributed by atoms with E-state index in [0.717, 1.165) is 18.5 Å². The summed E-state index contributed by atoms with van der Waals surface area (Å²) in [5.41, 5.74) is 2.35. The normalized spacial score (nSPS) is 11.9. The van der Waals surface area contributed by atoms with Gasteiger partial charge in [0.15, 0.2) is 5.69 Å². The first-order valence-electron chi connectivity index (χ1n) is 8.15. The van der Waals surface area contributed by atoms with E-state index >= 15 is 0 Å². The van der Waals surface area contributed by atoms with E-state index < -0.39 is 0 Å². The fourth-order valence-electron chi connectivity index (χ4n) is 2.49. The van der Waals surface area contributed by atoms with Crippen LogP contribution in [0.5, 0.6) is 0 Å². The van der Waals surface area contributed by atoms with E-state index in [1.807, 2.05) is 37.3 Å². The number of hydrogen-bond donors (Lipinski definition) is 1. The molecule has 0 spiro atoms. The van der Waals surface area contributed by atoms with Crippen molar-refractivity contribution in [1.29, 1.82) is 0 Å². The number of benzene rings is 2. The summed E-state index contributed by atoms with van der Waals surface area (Å²) in [6.07, 6.45) is 3.39. The Balaban J connectivity index is 1.57. The molecule has 0 saturated heterocycles. The molecule has 1 aromatic heterocycles. The van der Waals surface area contributed by atoms with Gasteiger partial charge in [-0.15, -0.1) is 5.10 Å². The van der Waals surface area contributed by atoms with Gasteiger partial charge in [0.05, 0.1) is 11.9 Å². The summed E-state index contributed by atoms with van der Waals surface area (Å²) in [4.78, 5) is 12.3. The molecule has 0 aliphatic carbocycles. The van der Waals surface area contributed by atoms with Crippen molar-refractivity contribution in [2.24, 2.45) is 0 Å². The molecule has 2 aromatic carbocycles. The Morgan fingerprint density at radius 2 is 1.88 bits per heavy atom. The fraction of sp³-hybridized carbons (Fsp3) is 0.211. The minimum Gasteiger partial charge on any atom is -0.348 e. The van der Waals surface area contributed by atoms with Gasteiger partial charge in [-0.05, 0) is 49.6 Å². The van der Waals surface area contributed by atoms with Crippen LogP contribution in [0.4, 0.5) is 0 Å². The topological polar surface area (TPSA) is 59.8 Å². The van der Waals surface area contributed by atoms with Gasteiger partial charge in [0.25, 0.3) is 5.91 Å². The average molecular weight is 355 g/mol. The number of nitrogens with one attached hydrogen (secondary N) is 1. The fourth-order valence-corrected chi connectivity index (χ4v) is 2.61. The Bertz CT molecular complexity index is 830. The summed E-state index contributed by atoms with van der Waals surface area (Å²) in [6.45, 7) is 1.99. The maximum absolute atomic E-state index is 12.3. The van der Waals surface area contributed by atoms with E-state index in [2.05, 4.69) is 27.8 Å². The highest BCUT2D eigenvalue weighted by atomic mass is 35.5. The van der Waals surface area contributed by atoms with Crippen molar-refractivity contribution in [2.75, 3.05) is 0 Å². The Morgan fingerprint density at radius 1 is 1.16 bits per heavy atom. The Morgan fingerprint density at radius 3 is 2.60 bits per heavy atom. The molecule has 1 amide bonds. The maximum Gasteiger partial charge on any atom is 0.273 e. The second kappa shape index (κ2) is 7.94. The van der Waals surface area contributed by atoms with Crippen molar-refractivity contribution in [3.8, 4) is 5.69 Å². The van der Waals surface area contributed by atoms with Crippen molar-refractivity contribution in [2.45, 2.75) is 25.8 Å². The van der Waals surface area contributed by atoms with Crippen LogP contribution in [0.1, 0.15) is 29.4 Å². The Labute approximate surface area is 151 Å². The predicted molar refractivity (Wildman–Crippen MR) is 98.1 cm³/mol. The zero-order chi connectivity index (χ0) is 17.6. The van der Waals surface area contributed by atoms with Crippen molar-refractivity contribution in [3.63, 3.8) is 0 Å². The lowest BCUT2D eigenvalue weighted by molar-refractivity contribution is 0.0933. The molecule has 1 heterocycles. The number of carbonyl (C=O) groups is 1. The highest BCUT2D eigenvalue weighted by Crippen LogP contribution is 2.13. The first kappa shape index (κ1) is 17.2. The third-order valence-corrected chi connectivity index (χ3v) is 4.16. The maximum atomic E-state index is 12.3. The number of nitrogens with zero attached hydrogens (tertiary/aromatic N) is 3. The van der Waals surface area contributed by atoms with E-state index in [4.69, 9.17) is 11.6 Å². The van der Waals surface area contributed by atoms with Gasteiger partial charge >= 0.3 is 0 Å². The summed E-state index contributed by atoms with van der Waals surface area (Å²) in [6, 6.07) is 17.4. The van der Waals surface area contributed by atoms with Crippen LogP contribution in [0.25, 0.3) is 5.69 Å². The quantitative estimate of drug-likeness (QED) is 0.734. The number of aromatic nitrogens is 3. The van der Waals surface area contributed by atoms with Crippen molar-refractivity contribution in [1.82, 2.24) is 20.3 Å². The Hall–Kier alpha value is -2.66. The van der Waals surface area contributed by atoms with Crippen LogP contribution in [-0.4, -0.2) is 26.9 Å². The summed E-state index contributed by atoms with van der Waals surface area (Å²) in [5, 5.41) is 11.6. The molecule has 3 aromatic rings. The third kappa shape index (κ3) is 4.67.